The van der Waals surface area contributed by atoms with Crippen LogP contribution in [0.3, 0.4) is 0 Å². The third kappa shape index (κ3) is 3.10. The molecule has 2 rings (SSSR count). The number of amides is 1. The second-order valence-corrected chi connectivity index (χ2v) is 5.32. The quantitative estimate of drug-likeness (QED) is 0.883. The SMILES string of the molecule is CCC1(CC)CC(NC(=O)c2c[nH]ccc2=O)CCO1. The molecule has 1 unspecified atom stereocenters. The van der Waals surface area contributed by atoms with Gasteiger partial charge in [0.15, 0.2) is 5.43 Å². The van der Waals surface area contributed by atoms with Crippen molar-refractivity contribution in [1.29, 1.82) is 0 Å². The van der Waals surface area contributed by atoms with Crippen molar-refractivity contribution in [3.05, 3.63) is 34.2 Å². The van der Waals surface area contributed by atoms with Gasteiger partial charge < -0.3 is 15.0 Å². The molecule has 0 radical (unpaired) electrons. The van der Waals surface area contributed by atoms with Gasteiger partial charge in [-0.2, -0.15) is 0 Å². The third-order valence-electron chi connectivity index (χ3n) is 4.19. The van der Waals surface area contributed by atoms with Crippen LogP contribution in [0.25, 0.3) is 0 Å². The zero-order chi connectivity index (χ0) is 14.6. The first-order valence-electron chi connectivity index (χ1n) is 7.22. The number of aromatic amines is 1. The summed E-state index contributed by atoms with van der Waals surface area (Å²) in [5, 5.41) is 2.96. The Labute approximate surface area is 118 Å². The Bertz CT molecular complexity index is 520. The van der Waals surface area contributed by atoms with E-state index in [1.165, 1.54) is 18.5 Å². The van der Waals surface area contributed by atoms with Gasteiger partial charge in [-0.15, -0.1) is 0 Å². The van der Waals surface area contributed by atoms with Gasteiger partial charge in [-0.25, -0.2) is 0 Å². The van der Waals surface area contributed by atoms with E-state index in [1.807, 2.05) is 0 Å². The highest BCUT2D eigenvalue weighted by molar-refractivity contribution is 5.93. The molecule has 1 fully saturated rings. The molecule has 2 N–H and O–H groups in total. The van der Waals surface area contributed by atoms with E-state index in [2.05, 4.69) is 24.1 Å². The summed E-state index contributed by atoms with van der Waals surface area (Å²) in [5.74, 6) is -0.306. The van der Waals surface area contributed by atoms with Crippen molar-refractivity contribution in [2.75, 3.05) is 6.61 Å². The molecular formula is C15H22N2O3. The number of hydrogen-bond donors (Lipinski definition) is 2. The molecule has 2 heterocycles. The summed E-state index contributed by atoms with van der Waals surface area (Å²) in [6.07, 6.45) is 6.43. The smallest absolute Gasteiger partial charge is 0.256 e. The molecule has 1 atom stereocenters. The maximum absolute atomic E-state index is 12.1. The topological polar surface area (TPSA) is 71.2 Å². The van der Waals surface area contributed by atoms with E-state index in [9.17, 15) is 9.59 Å². The van der Waals surface area contributed by atoms with E-state index in [-0.39, 0.29) is 28.5 Å². The van der Waals surface area contributed by atoms with Crippen LogP contribution in [0.1, 0.15) is 49.9 Å². The van der Waals surface area contributed by atoms with Crippen LogP contribution in [0.4, 0.5) is 0 Å². The maximum atomic E-state index is 12.1. The Balaban J connectivity index is 2.05. The van der Waals surface area contributed by atoms with Gasteiger partial charge >= 0.3 is 0 Å². The molecule has 1 aromatic heterocycles. The summed E-state index contributed by atoms with van der Waals surface area (Å²) in [7, 11) is 0. The van der Waals surface area contributed by atoms with Crippen LogP contribution in [-0.4, -0.2) is 29.1 Å². The van der Waals surface area contributed by atoms with Crippen LogP contribution in [0.2, 0.25) is 0 Å². The van der Waals surface area contributed by atoms with Gasteiger partial charge in [0.1, 0.15) is 5.56 Å². The molecule has 0 spiro atoms. The first kappa shape index (κ1) is 14.8. The number of aromatic nitrogens is 1. The third-order valence-corrected chi connectivity index (χ3v) is 4.19. The van der Waals surface area contributed by atoms with Crippen LogP contribution in [-0.2, 0) is 4.74 Å². The van der Waals surface area contributed by atoms with Gasteiger partial charge in [-0.1, -0.05) is 13.8 Å². The fourth-order valence-corrected chi connectivity index (χ4v) is 2.75. The normalized spacial score (nSPS) is 21.4. The number of rotatable bonds is 4. The molecule has 1 aliphatic heterocycles. The first-order chi connectivity index (χ1) is 9.60. The Hall–Kier alpha value is -1.62. The summed E-state index contributed by atoms with van der Waals surface area (Å²) in [6.45, 7) is 4.86. The molecule has 5 nitrogen and oxygen atoms in total. The van der Waals surface area contributed by atoms with E-state index in [1.54, 1.807) is 0 Å². The number of H-pyrrole nitrogens is 1. The molecule has 1 aromatic rings. The molecule has 110 valence electrons. The van der Waals surface area contributed by atoms with Gasteiger partial charge in [0, 0.05) is 31.1 Å². The van der Waals surface area contributed by atoms with Crippen molar-refractivity contribution >= 4 is 5.91 Å². The molecule has 1 saturated heterocycles. The average Bonchev–Trinajstić information content (AvgIpc) is 2.47. The highest BCUT2D eigenvalue weighted by Gasteiger charge is 2.35. The van der Waals surface area contributed by atoms with Crippen molar-refractivity contribution in [3.63, 3.8) is 0 Å². The van der Waals surface area contributed by atoms with Gasteiger partial charge in [0.05, 0.1) is 5.60 Å². The van der Waals surface area contributed by atoms with Crippen LogP contribution in [0, 0.1) is 0 Å². The highest BCUT2D eigenvalue weighted by Crippen LogP contribution is 2.31. The van der Waals surface area contributed by atoms with E-state index in [4.69, 9.17) is 4.74 Å². The second kappa shape index (κ2) is 6.22. The standard InChI is InChI=1S/C15H22N2O3/c1-3-15(4-2)9-11(6-8-20-15)17-14(19)12-10-16-7-5-13(12)18/h5,7,10-11H,3-4,6,8-9H2,1-2H3,(H,16,18)(H,17,19). The molecular weight excluding hydrogens is 256 g/mol. The minimum Gasteiger partial charge on any atom is -0.375 e. The lowest BCUT2D eigenvalue weighted by molar-refractivity contribution is -0.0917. The molecule has 0 saturated carbocycles. The van der Waals surface area contributed by atoms with Gasteiger partial charge in [0.25, 0.3) is 5.91 Å². The van der Waals surface area contributed by atoms with Crippen LogP contribution in [0.15, 0.2) is 23.3 Å². The number of carbonyl (C=O) groups excluding carboxylic acids is 1. The lowest BCUT2D eigenvalue weighted by atomic mass is 9.86. The minimum absolute atomic E-state index is 0.0655. The van der Waals surface area contributed by atoms with E-state index >= 15 is 0 Å². The van der Waals surface area contributed by atoms with Crippen molar-refractivity contribution in [1.82, 2.24) is 10.3 Å². The van der Waals surface area contributed by atoms with Crippen LogP contribution >= 0.6 is 0 Å². The predicted molar refractivity (Wildman–Crippen MR) is 76.8 cm³/mol. The molecule has 20 heavy (non-hydrogen) atoms. The van der Waals surface area contributed by atoms with Crippen LogP contribution in [0.5, 0.6) is 0 Å². The number of ether oxygens (including phenoxy) is 1. The number of carbonyl (C=O) groups is 1. The summed E-state index contributed by atoms with van der Waals surface area (Å²) < 4.78 is 5.89. The summed E-state index contributed by atoms with van der Waals surface area (Å²) in [5.41, 5.74) is -0.234. The average molecular weight is 278 g/mol. The molecule has 0 aromatic carbocycles. The number of pyridine rings is 1. The summed E-state index contributed by atoms with van der Waals surface area (Å²) in [4.78, 5) is 26.6. The van der Waals surface area contributed by atoms with E-state index < -0.39 is 0 Å². The summed E-state index contributed by atoms with van der Waals surface area (Å²) in [6, 6.07) is 1.43. The lowest BCUT2D eigenvalue weighted by Gasteiger charge is -2.40. The largest absolute Gasteiger partial charge is 0.375 e. The lowest BCUT2D eigenvalue weighted by Crippen LogP contribution is -2.48. The van der Waals surface area contributed by atoms with E-state index in [0.29, 0.717) is 6.61 Å². The molecule has 1 aliphatic rings. The highest BCUT2D eigenvalue weighted by atomic mass is 16.5. The van der Waals surface area contributed by atoms with Crippen molar-refractivity contribution < 1.29 is 9.53 Å². The zero-order valence-electron chi connectivity index (χ0n) is 12.1. The van der Waals surface area contributed by atoms with Gasteiger partial charge in [-0.05, 0) is 25.7 Å². The van der Waals surface area contributed by atoms with Crippen molar-refractivity contribution in [2.45, 2.75) is 51.2 Å². The van der Waals surface area contributed by atoms with Crippen LogP contribution < -0.4 is 10.7 Å². The fourth-order valence-electron chi connectivity index (χ4n) is 2.75. The monoisotopic (exact) mass is 278 g/mol. The number of hydrogen-bond acceptors (Lipinski definition) is 3. The first-order valence-corrected chi connectivity index (χ1v) is 7.22. The molecule has 1 amide bonds. The second-order valence-electron chi connectivity index (χ2n) is 5.32. The number of nitrogens with one attached hydrogen (secondary N) is 2. The molecule has 5 heteroatoms. The zero-order valence-corrected chi connectivity index (χ0v) is 12.1. The van der Waals surface area contributed by atoms with Crippen molar-refractivity contribution in [2.24, 2.45) is 0 Å². The van der Waals surface area contributed by atoms with Crippen molar-refractivity contribution in [3.8, 4) is 0 Å². The molecule has 0 bridgehead atoms. The maximum Gasteiger partial charge on any atom is 0.256 e. The molecule has 0 aliphatic carbocycles. The fraction of sp³-hybridized carbons (Fsp3) is 0.600. The Morgan fingerprint density at radius 1 is 1.50 bits per heavy atom. The Morgan fingerprint density at radius 3 is 2.90 bits per heavy atom. The van der Waals surface area contributed by atoms with E-state index in [0.717, 1.165) is 25.7 Å². The van der Waals surface area contributed by atoms with Gasteiger partial charge in [0.2, 0.25) is 0 Å². The Morgan fingerprint density at radius 2 is 2.25 bits per heavy atom. The predicted octanol–water partition coefficient (Wildman–Crippen LogP) is 1.84. The summed E-state index contributed by atoms with van der Waals surface area (Å²) >= 11 is 0. The Kier molecular flexibility index (Phi) is 4.60. The van der Waals surface area contributed by atoms with Gasteiger partial charge in [-0.3, -0.25) is 9.59 Å². The minimum atomic E-state index is -0.306.